The lowest BCUT2D eigenvalue weighted by Crippen LogP contribution is -2.38. The van der Waals surface area contributed by atoms with Crippen LogP contribution in [-0.4, -0.2) is 64.5 Å². The molecule has 0 unspecified atom stereocenters. The van der Waals surface area contributed by atoms with Crippen LogP contribution in [0.25, 0.3) is 5.69 Å². The highest BCUT2D eigenvalue weighted by atomic mass is 16.5. The van der Waals surface area contributed by atoms with E-state index < -0.39 is 0 Å². The highest BCUT2D eigenvalue weighted by Crippen LogP contribution is 2.27. The molecule has 1 amide bonds. The summed E-state index contributed by atoms with van der Waals surface area (Å²) < 4.78 is 12.4. The molecule has 0 saturated carbocycles. The molecule has 0 bridgehead atoms. The molecule has 2 aromatic heterocycles. The summed E-state index contributed by atoms with van der Waals surface area (Å²) in [5, 5.41) is 14.5. The first-order valence-electron chi connectivity index (χ1n) is 9.20. The molecule has 150 valence electrons. The molecule has 1 aliphatic heterocycles. The number of aromatic nitrogens is 5. The summed E-state index contributed by atoms with van der Waals surface area (Å²) in [5.41, 5.74) is 1.73. The van der Waals surface area contributed by atoms with Crippen LogP contribution in [0.4, 0.5) is 11.5 Å². The third-order valence-corrected chi connectivity index (χ3v) is 4.63. The first-order chi connectivity index (χ1) is 14.2. The zero-order valence-electron chi connectivity index (χ0n) is 16.2. The molecule has 10 heteroatoms. The maximum Gasteiger partial charge on any atom is 0.259 e. The Morgan fingerprint density at radius 1 is 1.24 bits per heavy atom. The number of hydrogen-bond acceptors (Lipinski definition) is 8. The molecule has 3 aromatic rings. The maximum absolute atomic E-state index is 13.0. The van der Waals surface area contributed by atoms with E-state index >= 15 is 0 Å². The van der Waals surface area contributed by atoms with E-state index in [2.05, 4.69) is 30.7 Å². The molecular formula is C19H21N7O3. The van der Waals surface area contributed by atoms with Gasteiger partial charge in [0.25, 0.3) is 5.91 Å². The van der Waals surface area contributed by atoms with Crippen molar-refractivity contribution in [1.29, 1.82) is 0 Å². The largest absolute Gasteiger partial charge is 0.494 e. The number of benzene rings is 1. The maximum atomic E-state index is 13.0. The van der Waals surface area contributed by atoms with Gasteiger partial charge >= 0.3 is 0 Å². The van der Waals surface area contributed by atoms with Gasteiger partial charge in [-0.15, -0.1) is 5.10 Å². The minimum Gasteiger partial charge on any atom is -0.494 e. The second-order valence-corrected chi connectivity index (χ2v) is 6.45. The molecule has 3 heterocycles. The number of tetrazole rings is 1. The van der Waals surface area contributed by atoms with E-state index in [9.17, 15) is 4.79 Å². The van der Waals surface area contributed by atoms with Crippen LogP contribution in [0.1, 0.15) is 16.2 Å². The van der Waals surface area contributed by atoms with Gasteiger partial charge in [0.1, 0.15) is 17.3 Å². The number of methoxy groups -OCH3 is 1. The van der Waals surface area contributed by atoms with Crippen molar-refractivity contribution in [3.8, 4) is 11.4 Å². The number of carbonyl (C=O) groups is 1. The van der Waals surface area contributed by atoms with Crippen molar-refractivity contribution in [2.75, 3.05) is 43.6 Å². The SMILES string of the molecule is COc1ccc(NC(=O)c2cccnc2N2CCOCC2)cc1-n1nnnc1C. The molecule has 1 aromatic carbocycles. The third kappa shape index (κ3) is 3.87. The number of pyridine rings is 1. The lowest BCUT2D eigenvalue weighted by Gasteiger charge is -2.29. The smallest absolute Gasteiger partial charge is 0.259 e. The van der Waals surface area contributed by atoms with Gasteiger partial charge in [0.15, 0.2) is 5.82 Å². The molecule has 0 spiro atoms. The van der Waals surface area contributed by atoms with Gasteiger partial charge in [-0.25, -0.2) is 4.98 Å². The van der Waals surface area contributed by atoms with Crippen LogP contribution < -0.4 is 15.0 Å². The zero-order chi connectivity index (χ0) is 20.2. The van der Waals surface area contributed by atoms with Gasteiger partial charge in [-0.1, -0.05) is 0 Å². The number of carbonyl (C=O) groups excluding carboxylic acids is 1. The zero-order valence-corrected chi connectivity index (χ0v) is 16.2. The summed E-state index contributed by atoms with van der Waals surface area (Å²) in [7, 11) is 1.57. The lowest BCUT2D eigenvalue weighted by molar-refractivity contribution is 0.102. The Labute approximate surface area is 167 Å². The van der Waals surface area contributed by atoms with Gasteiger partial charge in [0.05, 0.1) is 25.9 Å². The van der Waals surface area contributed by atoms with Gasteiger partial charge in [0.2, 0.25) is 0 Å². The standard InChI is InChI=1S/C19H21N7O3/c1-13-22-23-24-26(13)16-12-14(5-6-17(16)28-2)21-19(27)15-4-3-7-20-18(15)25-8-10-29-11-9-25/h3-7,12H,8-11H2,1-2H3,(H,21,27). The number of nitrogens with one attached hydrogen (secondary N) is 1. The average Bonchev–Trinajstić information content (AvgIpc) is 3.20. The molecule has 4 rings (SSSR count). The summed E-state index contributed by atoms with van der Waals surface area (Å²) in [6.07, 6.45) is 1.69. The molecule has 1 fully saturated rings. The van der Waals surface area contributed by atoms with Gasteiger partial charge in [-0.05, 0) is 47.7 Å². The Balaban J connectivity index is 1.62. The van der Waals surface area contributed by atoms with E-state index in [1.165, 1.54) is 0 Å². The van der Waals surface area contributed by atoms with E-state index in [1.807, 2.05) is 0 Å². The average molecular weight is 395 g/mol. The second kappa shape index (κ2) is 8.23. The van der Waals surface area contributed by atoms with Crippen molar-refractivity contribution in [1.82, 2.24) is 25.2 Å². The Morgan fingerprint density at radius 2 is 2.07 bits per heavy atom. The monoisotopic (exact) mass is 395 g/mol. The van der Waals surface area contributed by atoms with E-state index in [-0.39, 0.29) is 5.91 Å². The fourth-order valence-electron chi connectivity index (χ4n) is 3.19. The molecule has 10 nitrogen and oxygen atoms in total. The number of ether oxygens (including phenoxy) is 2. The van der Waals surface area contributed by atoms with Crippen LogP contribution in [0, 0.1) is 6.92 Å². The topological polar surface area (TPSA) is 107 Å². The predicted molar refractivity (Wildman–Crippen MR) is 106 cm³/mol. The highest BCUT2D eigenvalue weighted by Gasteiger charge is 2.20. The van der Waals surface area contributed by atoms with Crippen molar-refractivity contribution < 1.29 is 14.3 Å². The van der Waals surface area contributed by atoms with Crippen LogP contribution in [0.15, 0.2) is 36.5 Å². The summed E-state index contributed by atoms with van der Waals surface area (Å²) in [6.45, 7) is 4.41. The number of rotatable bonds is 5. The van der Waals surface area contributed by atoms with Crippen molar-refractivity contribution in [2.45, 2.75) is 6.92 Å². The molecule has 1 aliphatic rings. The number of hydrogen-bond donors (Lipinski definition) is 1. The van der Waals surface area contributed by atoms with Crippen LogP contribution >= 0.6 is 0 Å². The Bertz CT molecular complexity index is 1010. The Hall–Kier alpha value is -3.53. The Morgan fingerprint density at radius 3 is 2.79 bits per heavy atom. The number of morpholine rings is 1. The van der Waals surface area contributed by atoms with Crippen LogP contribution in [0.3, 0.4) is 0 Å². The van der Waals surface area contributed by atoms with Gasteiger partial charge in [0, 0.05) is 25.0 Å². The summed E-state index contributed by atoms with van der Waals surface area (Å²) in [5.74, 6) is 1.60. The Kier molecular flexibility index (Phi) is 5.34. The summed E-state index contributed by atoms with van der Waals surface area (Å²) >= 11 is 0. The normalized spacial score (nSPS) is 13.9. The van der Waals surface area contributed by atoms with Crippen molar-refractivity contribution in [3.05, 3.63) is 47.9 Å². The highest BCUT2D eigenvalue weighted by molar-refractivity contribution is 6.07. The number of nitrogens with zero attached hydrogens (tertiary/aromatic N) is 6. The fourth-order valence-corrected chi connectivity index (χ4v) is 3.19. The van der Waals surface area contributed by atoms with Crippen molar-refractivity contribution >= 4 is 17.4 Å². The van der Waals surface area contributed by atoms with Crippen molar-refractivity contribution in [3.63, 3.8) is 0 Å². The first kappa shape index (κ1) is 18.8. The van der Waals surface area contributed by atoms with Crippen LogP contribution in [-0.2, 0) is 4.74 Å². The van der Waals surface area contributed by atoms with E-state index in [4.69, 9.17) is 9.47 Å². The van der Waals surface area contributed by atoms with Crippen molar-refractivity contribution in [2.24, 2.45) is 0 Å². The number of amides is 1. The molecule has 29 heavy (non-hydrogen) atoms. The minimum atomic E-state index is -0.246. The van der Waals surface area contributed by atoms with Gasteiger partial charge in [-0.2, -0.15) is 4.68 Å². The summed E-state index contributed by atoms with van der Waals surface area (Å²) in [4.78, 5) is 19.5. The van der Waals surface area contributed by atoms with E-state index in [0.717, 1.165) is 0 Å². The second-order valence-electron chi connectivity index (χ2n) is 6.45. The third-order valence-electron chi connectivity index (χ3n) is 4.63. The summed E-state index contributed by atoms with van der Waals surface area (Å²) in [6, 6.07) is 8.82. The lowest BCUT2D eigenvalue weighted by atomic mass is 10.2. The molecule has 1 N–H and O–H groups in total. The quantitative estimate of drug-likeness (QED) is 0.692. The first-order valence-corrected chi connectivity index (χ1v) is 9.20. The van der Waals surface area contributed by atoms with E-state index in [1.54, 1.807) is 55.2 Å². The minimum absolute atomic E-state index is 0.246. The molecule has 0 atom stereocenters. The number of anilines is 2. The van der Waals surface area contributed by atoms with Gasteiger partial charge < -0.3 is 19.7 Å². The molecule has 0 aliphatic carbocycles. The number of aryl methyl sites for hydroxylation is 1. The van der Waals surface area contributed by atoms with Crippen LogP contribution in [0.2, 0.25) is 0 Å². The fraction of sp³-hybridized carbons (Fsp3) is 0.316. The molecule has 1 saturated heterocycles. The molecular weight excluding hydrogens is 374 g/mol. The van der Waals surface area contributed by atoms with Crippen LogP contribution in [0.5, 0.6) is 5.75 Å². The molecule has 0 radical (unpaired) electrons. The van der Waals surface area contributed by atoms with Gasteiger partial charge in [-0.3, -0.25) is 4.79 Å². The predicted octanol–water partition coefficient (Wildman–Crippen LogP) is 1.46. The van der Waals surface area contributed by atoms with E-state index in [0.29, 0.717) is 60.6 Å².